The van der Waals surface area contributed by atoms with E-state index < -0.39 is 23.6 Å². The largest absolute Gasteiger partial charge is 0.416 e. The van der Waals surface area contributed by atoms with Gasteiger partial charge >= 0.3 is 6.18 Å². The van der Waals surface area contributed by atoms with Crippen LogP contribution in [0.3, 0.4) is 0 Å². The van der Waals surface area contributed by atoms with Crippen LogP contribution in [0, 0.1) is 0 Å². The summed E-state index contributed by atoms with van der Waals surface area (Å²) in [6.07, 6.45) is -4.35. The van der Waals surface area contributed by atoms with Crippen molar-refractivity contribution >= 4 is 5.91 Å². The van der Waals surface area contributed by atoms with Crippen molar-refractivity contribution in [3.05, 3.63) is 59.7 Å². The van der Waals surface area contributed by atoms with Gasteiger partial charge in [-0.1, -0.05) is 36.4 Å². The number of hydrogen-bond acceptors (Lipinski definition) is 1. The van der Waals surface area contributed by atoms with Gasteiger partial charge in [0.1, 0.15) is 0 Å². The molecule has 1 amide bonds. The Bertz CT molecular complexity index is 647. The lowest BCUT2D eigenvalue weighted by Crippen LogP contribution is -2.18. The summed E-state index contributed by atoms with van der Waals surface area (Å²) < 4.78 is 37.6. The summed E-state index contributed by atoms with van der Waals surface area (Å²) in [4.78, 5) is 11.2. The summed E-state index contributed by atoms with van der Waals surface area (Å²) in [5, 5.41) is 0. The molecule has 1 atom stereocenters. The summed E-state index contributed by atoms with van der Waals surface area (Å²) in [6, 6.07) is 12.0. The van der Waals surface area contributed by atoms with Crippen LogP contribution in [0.15, 0.2) is 48.5 Å². The van der Waals surface area contributed by atoms with Gasteiger partial charge in [0.25, 0.3) is 0 Å². The lowest BCUT2D eigenvalue weighted by molar-refractivity contribution is -0.137. The fourth-order valence-electron chi connectivity index (χ4n) is 2.00. The molecule has 0 aliphatic rings. The maximum atomic E-state index is 12.5. The van der Waals surface area contributed by atoms with E-state index in [2.05, 4.69) is 0 Å². The minimum absolute atomic E-state index is 0.445. The van der Waals surface area contributed by atoms with Gasteiger partial charge in [0.05, 0.1) is 11.5 Å². The monoisotopic (exact) mass is 293 g/mol. The zero-order valence-corrected chi connectivity index (χ0v) is 11.3. The summed E-state index contributed by atoms with van der Waals surface area (Å²) in [5.74, 6) is -0.890. The topological polar surface area (TPSA) is 43.1 Å². The van der Waals surface area contributed by atoms with Crippen LogP contribution in [0.25, 0.3) is 11.1 Å². The van der Waals surface area contributed by atoms with Crippen LogP contribution in [-0.4, -0.2) is 5.91 Å². The number of alkyl halides is 3. The number of rotatable bonds is 3. The first kappa shape index (κ1) is 15.1. The molecule has 110 valence electrons. The fraction of sp³-hybridized carbons (Fsp3) is 0.188. The van der Waals surface area contributed by atoms with E-state index in [1.165, 1.54) is 12.1 Å². The molecule has 0 saturated heterocycles. The van der Waals surface area contributed by atoms with Crippen LogP contribution in [0.1, 0.15) is 24.0 Å². The molecule has 0 fully saturated rings. The van der Waals surface area contributed by atoms with Gasteiger partial charge in [-0.2, -0.15) is 13.2 Å². The van der Waals surface area contributed by atoms with Crippen molar-refractivity contribution in [2.24, 2.45) is 5.73 Å². The van der Waals surface area contributed by atoms with Crippen molar-refractivity contribution in [3.63, 3.8) is 0 Å². The maximum absolute atomic E-state index is 12.5. The van der Waals surface area contributed by atoms with Gasteiger partial charge in [-0.05, 0) is 35.7 Å². The van der Waals surface area contributed by atoms with Crippen LogP contribution in [0.4, 0.5) is 13.2 Å². The summed E-state index contributed by atoms with van der Waals surface area (Å²) in [6.45, 7) is 1.69. The quantitative estimate of drug-likeness (QED) is 0.914. The van der Waals surface area contributed by atoms with Crippen LogP contribution in [-0.2, 0) is 11.0 Å². The van der Waals surface area contributed by atoms with Crippen LogP contribution < -0.4 is 5.73 Å². The van der Waals surface area contributed by atoms with Crippen molar-refractivity contribution in [1.29, 1.82) is 0 Å². The highest BCUT2D eigenvalue weighted by molar-refractivity contribution is 5.82. The fourth-order valence-corrected chi connectivity index (χ4v) is 2.00. The predicted molar refractivity (Wildman–Crippen MR) is 74.5 cm³/mol. The Labute approximate surface area is 120 Å². The van der Waals surface area contributed by atoms with Crippen molar-refractivity contribution < 1.29 is 18.0 Å². The normalized spacial score (nSPS) is 13.0. The molecule has 2 aromatic carbocycles. The molecule has 21 heavy (non-hydrogen) atoms. The van der Waals surface area contributed by atoms with E-state index in [9.17, 15) is 18.0 Å². The molecule has 2 rings (SSSR count). The van der Waals surface area contributed by atoms with Crippen LogP contribution in [0.2, 0.25) is 0 Å². The number of hydrogen-bond donors (Lipinski definition) is 1. The SMILES string of the molecule is CC(C(N)=O)c1cccc(-c2ccc(C(F)(F)F)cc2)c1. The van der Waals surface area contributed by atoms with Gasteiger partial charge in [0.2, 0.25) is 5.91 Å². The number of nitrogens with two attached hydrogens (primary N) is 1. The Hall–Kier alpha value is -2.30. The first-order chi connectivity index (χ1) is 9.79. The average molecular weight is 293 g/mol. The van der Waals surface area contributed by atoms with E-state index in [-0.39, 0.29) is 0 Å². The van der Waals surface area contributed by atoms with Crippen molar-refractivity contribution in [2.75, 3.05) is 0 Å². The highest BCUT2D eigenvalue weighted by Gasteiger charge is 2.29. The van der Waals surface area contributed by atoms with E-state index in [1.54, 1.807) is 31.2 Å². The van der Waals surface area contributed by atoms with Gasteiger partial charge in [-0.15, -0.1) is 0 Å². The standard InChI is InChI=1S/C16H14F3NO/c1-10(15(20)21)12-3-2-4-13(9-12)11-5-7-14(8-6-11)16(17,18)19/h2-10H,1H3,(H2,20,21). The van der Waals surface area contributed by atoms with Crippen molar-refractivity contribution in [3.8, 4) is 11.1 Å². The van der Waals surface area contributed by atoms with Gasteiger partial charge in [-0.25, -0.2) is 0 Å². The molecule has 0 aromatic heterocycles. The Kier molecular flexibility index (Phi) is 4.02. The zero-order valence-electron chi connectivity index (χ0n) is 11.3. The lowest BCUT2D eigenvalue weighted by Gasteiger charge is -2.11. The Morgan fingerprint density at radius 3 is 2.19 bits per heavy atom. The molecular formula is C16H14F3NO. The second kappa shape index (κ2) is 5.60. The van der Waals surface area contributed by atoms with Gasteiger partial charge in [-0.3, -0.25) is 4.79 Å². The van der Waals surface area contributed by atoms with Gasteiger partial charge in [0.15, 0.2) is 0 Å². The molecule has 0 spiro atoms. The Morgan fingerprint density at radius 1 is 1.05 bits per heavy atom. The first-order valence-electron chi connectivity index (χ1n) is 6.36. The van der Waals surface area contributed by atoms with E-state index in [4.69, 9.17) is 5.73 Å². The maximum Gasteiger partial charge on any atom is 0.416 e. The molecule has 0 radical (unpaired) electrons. The van der Waals surface area contributed by atoms with Crippen molar-refractivity contribution in [1.82, 2.24) is 0 Å². The zero-order chi connectivity index (χ0) is 15.6. The van der Waals surface area contributed by atoms with Crippen molar-refractivity contribution in [2.45, 2.75) is 19.0 Å². The Balaban J connectivity index is 2.34. The average Bonchev–Trinajstić information content (AvgIpc) is 2.46. The van der Waals surface area contributed by atoms with Gasteiger partial charge < -0.3 is 5.73 Å². The lowest BCUT2D eigenvalue weighted by atomic mass is 9.95. The minimum Gasteiger partial charge on any atom is -0.369 e. The molecule has 1 unspecified atom stereocenters. The number of amides is 1. The second-order valence-corrected chi connectivity index (χ2v) is 4.82. The van der Waals surface area contributed by atoms with Gasteiger partial charge in [0, 0.05) is 0 Å². The molecule has 5 heteroatoms. The summed E-state index contributed by atoms with van der Waals surface area (Å²) >= 11 is 0. The molecule has 2 nitrogen and oxygen atoms in total. The van der Waals surface area contributed by atoms with E-state index >= 15 is 0 Å². The highest BCUT2D eigenvalue weighted by Crippen LogP contribution is 2.31. The smallest absolute Gasteiger partial charge is 0.369 e. The minimum atomic E-state index is -4.35. The molecule has 0 bridgehead atoms. The third-order valence-electron chi connectivity index (χ3n) is 3.36. The third-order valence-corrected chi connectivity index (χ3v) is 3.36. The molecule has 0 heterocycles. The van der Waals surface area contributed by atoms with E-state index in [0.717, 1.165) is 23.3 Å². The summed E-state index contributed by atoms with van der Waals surface area (Å²) in [7, 11) is 0. The second-order valence-electron chi connectivity index (χ2n) is 4.82. The number of primary amides is 1. The summed E-state index contributed by atoms with van der Waals surface area (Å²) in [5.41, 5.74) is 6.71. The van der Waals surface area contributed by atoms with Crippen LogP contribution >= 0.6 is 0 Å². The number of benzene rings is 2. The molecular weight excluding hydrogens is 279 g/mol. The molecule has 0 aliphatic carbocycles. The number of halogens is 3. The molecule has 0 aliphatic heterocycles. The molecule has 2 aromatic rings. The predicted octanol–water partition coefficient (Wildman–Crippen LogP) is 3.96. The van der Waals surface area contributed by atoms with E-state index in [1.807, 2.05) is 0 Å². The molecule has 0 saturated carbocycles. The highest BCUT2D eigenvalue weighted by atomic mass is 19.4. The Morgan fingerprint density at radius 2 is 1.67 bits per heavy atom. The third kappa shape index (κ3) is 3.42. The number of carbonyl (C=O) groups excluding carboxylic acids is 1. The van der Waals surface area contributed by atoms with E-state index in [0.29, 0.717) is 5.56 Å². The first-order valence-corrected chi connectivity index (χ1v) is 6.36. The number of carbonyl (C=O) groups is 1. The van der Waals surface area contributed by atoms with Crippen LogP contribution in [0.5, 0.6) is 0 Å². The molecule has 2 N–H and O–H groups in total.